The maximum Gasteiger partial charge on any atom is 0.330 e. The number of likely N-dealkylation sites (tertiary alicyclic amines) is 1. The van der Waals surface area contributed by atoms with E-state index < -0.39 is 63.6 Å². The van der Waals surface area contributed by atoms with Gasteiger partial charge in [0.1, 0.15) is 21.6 Å². The van der Waals surface area contributed by atoms with Gasteiger partial charge in [-0.25, -0.2) is 9.18 Å². The van der Waals surface area contributed by atoms with Crippen molar-refractivity contribution in [3.05, 3.63) is 142 Å². The van der Waals surface area contributed by atoms with E-state index in [0.29, 0.717) is 27.8 Å². The number of amides is 2. The predicted molar refractivity (Wildman–Crippen MR) is 161 cm³/mol. The number of carbonyl (C=O) groups excluding carboxylic acids is 4. The molecule has 0 aromatic heterocycles. The lowest BCUT2D eigenvalue weighted by molar-refractivity contribution is -0.158. The van der Waals surface area contributed by atoms with E-state index in [1.54, 1.807) is 30.3 Å². The van der Waals surface area contributed by atoms with E-state index in [2.05, 4.69) is 0 Å². The number of Topliss-reactive ketones (excluding diaryl/α,β-unsaturated/α-hetero) is 1. The van der Waals surface area contributed by atoms with E-state index in [1.807, 2.05) is 48.5 Å². The number of carbonyl (C=O) groups is 4. The van der Waals surface area contributed by atoms with Crippen LogP contribution < -0.4 is 0 Å². The predicted octanol–water partition coefficient (Wildman–Crippen LogP) is 5.76. The lowest BCUT2D eigenvalue weighted by atomic mass is 9.54. The first-order valence-corrected chi connectivity index (χ1v) is 14.9. The Morgan fingerprint density at radius 3 is 1.66 bits per heavy atom. The summed E-state index contributed by atoms with van der Waals surface area (Å²) in [6.45, 7) is -0.658. The molecule has 1 heterocycles. The zero-order valence-electron chi connectivity index (χ0n) is 23.1. The van der Waals surface area contributed by atoms with Gasteiger partial charge in [-0.15, -0.1) is 23.2 Å². The van der Waals surface area contributed by atoms with Gasteiger partial charge in [0.25, 0.3) is 0 Å². The number of alkyl halides is 2. The Hall–Kier alpha value is -4.33. The Kier molecular flexibility index (Phi) is 6.72. The SMILES string of the molecule is O=C(COC(=O)[C@H](Cc1ccccc1)N1C(=O)[C@@H]2[C@@H](C1=O)C1(Cl)c3ccccc3C2(Cl)c2ccccc21)c1ccc(F)cc1. The minimum absolute atomic E-state index is 0.0498. The van der Waals surface area contributed by atoms with Crippen LogP contribution in [0.3, 0.4) is 0 Å². The summed E-state index contributed by atoms with van der Waals surface area (Å²) in [5, 5.41) is 0. The molecular formula is C35H24Cl2FNO5. The highest BCUT2D eigenvalue weighted by Gasteiger charge is 2.73. The van der Waals surface area contributed by atoms with Crippen molar-refractivity contribution in [2.45, 2.75) is 22.2 Å². The van der Waals surface area contributed by atoms with Crippen molar-refractivity contribution in [3.8, 4) is 0 Å². The number of esters is 1. The monoisotopic (exact) mass is 627 g/mol. The second-order valence-corrected chi connectivity index (χ2v) is 12.5. The van der Waals surface area contributed by atoms with E-state index in [-0.39, 0.29) is 12.0 Å². The molecular weight excluding hydrogens is 604 g/mol. The van der Waals surface area contributed by atoms with Crippen LogP contribution in [-0.2, 0) is 35.3 Å². The largest absolute Gasteiger partial charge is 0.456 e. The fraction of sp³-hybridized carbons (Fsp3) is 0.200. The first-order chi connectivity index (χ1) is 21.2. The normalized spacial score (nSPS) is 25.2. The topological polar surface area (TPSA) is 80.8 Å². The highest BCUT2D eigenvalue weighted by atomic mass is 35.5. The molecule has 6 nitrogen and oxygen atoms in total. The Morgan fingerprint density at radius 2 is 1.18 bits per heavy atom. The Bertz CT molecular complexity index is 1720. The molecule has 0 spiro atoms. The molecule has 4 aromatic carbocycles. The van der Waals surface area contributed by atoms with Crippen LogP contribution in [0.4, 0.5) is 4.39 Å². The molecule has 4 aromatic rings. The molecule has 1 aliphatic heterocycles. The van der Waals surface area contributed by atoms with Gasteiger partial charge in [-0.05, 0) is 52.1 Å². The summed E-state index contributed by atoms with van der Waals surface area (Å²) in [4.78, 5) is 53.6. The second-order valence-electron chi connectivity index (χ2n) is 11.3. The molecule has 1 fully saturated rings. The van der Waals surface area contributed by atoms with Crippen molar-refractivity contribution >= 4 is 46.8 Å². The summed E-state index contributed by atoms with van der Waals surface area (Å²) in [5.74, 6) is -5.45. The van der Waals surface area contributed by atoms with E-state index in [9.17, 15) is 23.6 Å². The average Bonchev–Trinajstić information content (AvgIpc) is 3.32. The van der Waals surface area contributed by atoms with Crippen molar-refractivity contribution < 1.29 is 28.3 Å². The Morgan fingerprint density at radius 1 is 0.727 bits per heavy atom. The van der Waals surface area contributed by atoms with Gasteiger partial charge in [-0.3, -0.25) is 19.3 Å². The molecule has 2 amide bonds. The number of hydrogen-bond donors (Lipinski definition) is 0. The van der Waals surface area contributed by atoms with Crippen LogP contribution in [0.25, 0.3) is 0 Å². The molecule has 8 rings (SSSR count). The molecule has 0 N–H and O–H groups in total. The summed E-state index contributed by atoms with van der Waals surface area (Å²) in [6, 6.07) is 26.9. The molecule has 3 aliphatic carbocycles. The Balaban J connectivity index is 1.28. The van der Waals surface area contributed by atoms with Gasteiger partial charge in [-0.1, -0.05) is 78.9 Å². The average molecular weight is 628 g/mol. The molecule has 9 heteroatoms. The number of nitrogens with zero attached hydrogens (tertiary/aromatic N) is 1. The van der Waals surface area contributed by atoms with Crippen LogP contribution in [0.1, 0.15) is 38.2 Å². The third-order valence-electron chi connectivity index (χ3n) is 8.99. The fourth-order valence-electron chi connectivity index (χ4n) is 7.07. The standard InChI is InChI=1S/C35H24Cl2FNO5/c36-34-23-10-4-5-11-24(23)35(37,26-13-7-6-12-25(26)34)30-29(34)31(41)39(32(30)42)27(18-20-8-2-1-3-9-20)33(43)44-19-28(40)21-14-16-22(38)17-15-21/h1-17,27,29-30H,18-19H2/t27-,29-,30-,34?,35?/m0/s1. The van der Waals surface area contributed by atoms with E-state index in [4.69, 9.17) is 27.9 Å². The van der Waals surface area contributed by atoms with Crippen LogP contribution in [0.15, 0.2) is 103 Å². The first kappa shape index (κ1) is 28.4. The van der Waals surface area contributed by atoms with Gasteiger partial charge in [0.05, 0.1) is 11.8 Å². The van der Waals surface area contributed by atoms with Crippen LogP contribution in [0.2, 0.25) is 0 Å². The molecule has 44 heavy (non-hydrogen) atoms. The van der Waals surface area contributed by atoms with Crippen molar-refractivity contribution in [2.24, 2.45) is 11.8 Å². The number of rotatable bonds is 7. The van der Waals surface area contributed by atoms with Gasteiger partial charge >= 0.3 is 5.97 Å². The zero-order chi connectivity index (χ0) is 30.8. The molecule has 0 unspecified atom stereocenters. The maximum absolute atomic E-state index is 14.5. The molecule has 220 valence electrons. The summed E-state index contributed by atoms with van der Waals surface area (Å²) < 4.78 is 18.8. The lowest BCUT2D eigenvalue weighted by Gasteiger charge is -2.54. The first-order valence-electron chi connectivity index (χ1n) is 14.1. The van der Waals surface area contributed by atoms with Crippen molar-refractivity contribution in [1.82, 2.24) is 4.90 Å². The quantitative estimate of drug-likeness (QED) is 0.113. The van der Waals surface area contributed by atoms with Crippen molar-refractivity contribution in [3.63, 3.8) is 0 Å². The summed E-state index contributed by atoms with van der Waals surface area (Å²) in [7, 11) is 0. The number of imide groups is 1. The number of hydrogen-bond acceptors (Lipinski definition) is 5. The van der Waals surface area contributed by atoms with Gasteiger partial charge in [0.2, 0.25) is 11.8 Å². The van der Waals surface area contributed by atoms with Crippen LogP contribution in [0.5, 0.6) is 0 Å². The van der Waals surface area contributed by atoms with Crippen LogP contribution in [0, 0.1) is 17.7 Å². The molecule has 0 radical (unpaired) electrons. The van der Waals surface area contributed by atoms with Gasteiger partial charge in [0.15, 0.2) is 12.4 Å². The van der Waals surface area contributed by atoms with Gasteiger partial charge in [0, 0.05) is 12.0 Å². The molecule has 3 atom stereocenters. The minimum atomic E-state index is -1.41. The highest BCUT2D eigenvalue weighted by Crippen LogP contribution is 2.69. The summed E-state index contributed by atoms with van der Waals surface area (Å²) in [6.07, 6.45) is -0.0498. The van der Waals surface area contributed by atoms with Gasteiger partial charge < -0.3 is 4.74 Å². The number of halogens is 3. The van der Waals surface area contributed by atoms with E-state index in [0.717, 1.165) is 17.0 Å². The number of benzene rings is 4. The lowest BCUT2D eigenvalue weighted by Crippen LogP contribution is -2.57. The maximum atomic E-state index is 14.5. The van der Waals surface area contributed by atoms with Crippen molar-refractivity contribution in [1.29, 1.82) is 0 Å². The molecule has 2 bridgehead atoms. The number of ketones is 1. The minimum Gasteiger partial charge on any atom is -0.456 e. The molecule has 1 saturated heterocycles. The van der Waals surface area contributed by atoms with E-state index in [1.165, 1.54) is 12.1 Å². The van der Waals surface area contributed by atoms with Crippen molar-refractivity contribution in [2.75, 3.05) is 6.61 Å². The van der Waals surface area contributed by atoms with Crippen LogP contribution in [-0.4, -0.2) is 41.1 Å². The second kappa shape index (κ2) is 10.4. The van der Waals surface area contributed by atoms with E-state index >= 15 is 0 Å². The smallest absolute Gasteiger partial charge is 0.330 e. The highest BCUT2D eigenvalue weighted by molar-refractivity contribution is 6.36. The zero-order valence-corrected chi connectivity index (χ0v) is 24.6. The fourth-order valence-corrected chi connectivity index (χ4v) is 8.16. The third kappa shape index (κ3) is 3.99. The third-order valence-corrected chi connectivity index (χ3v) is 10.3. The molecule has 0 saturated carbocycles. The number of ether oxygens (including phenoxy) is 1. The Labute approximate surface area is 262 Å². The summed E-state index contributed by atoms with van der Waals surface area (Å²) in [5.41, 5.74) is 3.40. The summed E-state index contributed by atoms with van der Waals surface area (Å²) >= 11 is 15.1. The van der Waals surface area contributed by atoms with Gasteiger partial charge in [-0.2, -0.15) is 0 Å². The molecule has 4 aliphatic rings. The van der Waals surface area contributed by atoms with Crippen LogP contribution >= 0.6 is 23.2 Å².